The van der Waals surface area contributed by atoms with Gasteiger partial charge >= 0.3 is 6.36 Å². The summed E-state index contributed by atoms with van der Waals surface area (Å²) >= 11 is 0. The van der Waals surface area contributed by atoms with E-state index in [0.29, 0.717) is 37.5 Å². The molecule has 6 nitrogen and oxygen atoms in total. The van der Waals surface area contributed by atoms with E-state index < -0.39 is 12.4 Å². The molecule has 0 radical (unpaired) electrons. The van der Waals surface area contributed by atoms with Crippen LogP contribution in [-0.4, -0.2) is 40.8 Å². The summed E-state index contributed by atoms with van der Waals surface area (Å²) in [5.41, 5.74) is 2.23. The van der Waals surface area contributed by atoms with Gasteiger partial charge in [-0.1, -0.05) is 30.3 Å². The number of nitrogens with zero attached hydrogens (tertiary/aromatic N) is 3. The topological polar surface area (TPSA) is 54.9 Å². The van der Waals surface area contributed by atoms with E-state index in [2.05, 4.69) is 9.72 Å². The highest BCUT2D eigenvalue weighted by Gasteiger charge is 2.43. The molecule has 0 spiro atoms. The Kier molecular flexibility index (Phi) is 5.87. The molecule has 1 aromatic heterocycles. The quantitative estimate of drug-likeness (QED) is 0.549. The Morgan fingerprint density at radius 1 is 1.00 bits per heavy atom. The third kappa shape index (κ3) is 4.84. The number of anilines is 1. The average Bonchev–Trinajstić information content (AvgIpc) is 3.21. The maximum absolute atomic E-state index is 13.8. The van der Waals surface area contributed by atoms with E-state index in [4.69, 9.17) is 4.74 Å². The molecule has 0 aliphatic carbocycles. The van der Waals surface area contributed by atoms with E-state index in [9.17, 15) is 18.0 Å². The van der Waals surface area contributed by atoms with Gasteiger partial charge in [-0.2, -0.15) is 0 Å². The molecule has 2 aliphatic rings. The number of aromatic nitrogens is 1. The lowest BCUT2D eigenvalue weighted by Crippen LogP contribution is -2.45. The summed E-state index contributed by atoms with van der Waals surface area (Å²) in [6.45, 7) is 1.23. The number of carbonyl (C=O) groups is 1. The third-order valence-corrected chi connectivity index (χ3v) is 5.95. The number of pyridine rings is 1. The van der Waals surface area contributed by atoms with Gasteiger partial charge in [0.2, 0.25) is 5.91 Å². The Bertz CT molecular complexity index is 1160. The Morgan fingerprint density at radius 3 is 2.50 bits per heavy atom. The fourth-order valence-electron chi connectivity index (χ4n) is 4.48. The molecule has 1 saturated heterocycles. The molecule has 2 unspecified atom stereocenters. The number of rotatable bonds is 5. The first kappa shape index (κ1) is 22.2. The summed E-state index contributed by atoms with van der Waals surface area (Å²) in [6.07, 6.45) is -2.68. The van der Waals surface area contributed by atoms with Crippen molar-refractivity contribution in [2.45, 2.75) is 38.0 Å². The minimum absolute atomic E-state index is 0.0547. The number of fused-ring (bicyclic) bond motifs is 3. The van der Waals surface area contributed by atoms with Crippen molar-refractivity contribution < 1.29 is 27.4 Å². The molecule has 3 heterocycles. The highest BCUT2D eigenvalue weighted by molar-refractivity contribution is 5.99. The van der Waals surface area contributed by atoms with Gasteiger partial charge in [-0.15, -0.1) is 13.2 Å². The second kappa shape index (κ2) is 8.98. The van der Waals surface area contributed by atoms with Crippen molar-refractivity contribution in [3.63, 3.8) is 0 Å². The van der Waals surface area contributed by atoms with Crippen LogP contribution < -0.4 is 14.4 Å². The third-order valence-electron chi connectivity index (χ3n) is 5.95. The van der Waals surface area contributed by atoms with Crippen molar-refractivity contribution in [1.82, 2.24) is 9.88 Å². The van der Waals surface area contributed by atoms with Crippen LogP contribution in [0.25, 0.3) is 0 Å². The van der Waals surface area contributed by atoms with E-state index in [-0.39, 0.29) is 17.8 Å². The Hall–Kier alpha value is -3.59. The number of amides is 1. The molecule has 2 atom stereocenters. The summed E-state index contributed by atoms with van der Waals surface area (Å²) < 4.78 is 47.6. The van der Waals surface area contributed by atoms with Crippen LogP contribution in [0.4, 0.5) is 18.9 Å². The first-order valence-electron chi connectivity index (χ1n) is 10.9. The fourth-order valence-corrected chi connectivity index (χ4v) is 4.48. The molecule has 3 aromatic rings. The average molecular weight is 469 g/mol. The standard InChI is InChI=1S/C25H22F3N3O3/c26-25(27,28)34-19-10-8-17(9-11-19)14-30-16-20-13-22(30)24(32)31(15-18-5-3-4-12-29-18)21-6-1-2-7-23(21)33-20/h1-12,20,22H,13-16H2. The highest BCUT2D eigenvalue weighted by atomic mass is 19.4. The van der Waals surface area contributed by atoms with E-state index >= 15 is 0 Å². The SMILES string of the molecule is O=C1C2CC(CN2Cc2ccc(OC(F)(F)F)cc2)Oc2ccccc2N1Cc1ccccn1. The summed E-state index contributed by atoms with van der Waals surface area (Å²) in [5.74, 6) is 0.313. The number of likely N-dealkylation sites (tertiary alicyclic amines) is 1. The second-order valence-electron chi connectivity index (χ2n) is 8.33. The Balaban J connectivity index is 1.39. The van der Waals surface area contributed by atoms with Gasteiger partial charge in [0.1, 0.15) is 17.6 Å². The maximum Gasteiger partial charge on any atom is 0.573 e. The van der Waals surface area contributed by atoms with Crippen LogP contribution in [0.3, 0.4) is 0 Å². The van der Waals surface area contributed by atoms with Crippen LogP contribution in [0.15, 0.2) is 72.9 Å². The van der Waals surface area contributed by atoms with E-state index in [0.717, 1.165) is 11.3 Å². The Morgan fingerprint density at radius 2 is 1.76 bits per heavy atom. The Labute approximate surface area is 194 Å². The highest BCUT2D eigenvalue weighted by Crippen LogP contribution is 2.37. The molecule has 2 aliphatic heterocycles. The monoisotopic (exact) mass is 469 g/mol. The minimum Gasteiger partial charge on any atom is -0.487 e. The minimum atomic E-state index is -4.74. The molecule has 1 fully saturated rings. The number of carbonyl (C=O) groups excluding carboxylic acids is 1. The summed E-state index contributed by atoms with van der Waals surface area (Å²) in [5, 5.41) is 0. The molecule has 0 saturated carbocycles. The zero-order valence-corrected chi connectivity index (χ0v) is 18.1. The number of alkyl halides is 3. The van der Waals surface area contributed by atoms with Gasteiger partial charge in [0.15, 0.2) is 0 Å². The normalized spacial score (nSPS) is 20.3. The molecular formula is C25H22F3N3O3. The van der Waals surface area contributed by atoms with Crippen molar-refractivity contribution in [1.29, 1.82) is 0 Å². The van der Waals surface area contributed by atoms with Gasteiger partial charge < -0.3 is 14.4 Å². The van der Waals surface area contributed by atoms with Crippen LogP contribution in [0.1, 0.15) is 17.7 Å². The van der Waals surface area contributed by atoms with Crippen molar-refractivity contribution >= 4 is 11.6 Å². The van der Waals surface area contributed by atoms with E-state index in [1.54, 1.807) is 23.2 Å². The predicted molar refractivity (Wildman–Crippen MR) is 118 cm³/mol. The number of ether oxygens (including phenoxy) is 2. The lowest BCUT2D eigenvalue weighted by molar-refractivity contribution is -0.274. The summed E-state index contributed by atoms with van der Waals surface area (Å²) in [7, 11) is 0. The van der Waals surface area contributed by atoms with Gasteiger partial charge in [0, 0.05) is 25.7 Å². The zero-order chi connectivity index (χ0) is 23.7. The van der Waals surface area contributed by atoms with Gasteiger partial charge in [-0.05, 0) is 42.0 Å². The van der Waals surface area contributed by atoms with E-state index in [1.165, 1.54) is 12.1 Å². The van der Waals surface area contributed by atoms with Crippen LogP contribution in [0.5, 0.6) is 11.5 Å². The molecule has 0 N–H and O–H groups in total. The number of para-hydroxylation sites is 2. The van der Waals surface area contributed by atoms with Crippen LogP contribution in [-0.2, 0) is 17.9 Å². The first-order chi connectivity index (χ1) is 16.4. The molecule has 176 valence electrons. The van der Waals surface area contributed by atoms with Gasteiger partial charge in [-0.3, -0.25) is 14.7 Å². The van der Waals surface area contributed by atoms with Gasteiger partial charge in [0.25, 0.3) is 0 Å². The lowest BCUT2D eigenvalue weighted by Gasteiger charge is -2.31. The molecule has 2 aromatic carbocycles. The summed E-state index contributed by atoms with van der Waals surface area (Å²) in [4.78, 5) is 21.9. The lowest BCUT2D eigenvalue weighted by atomic mass is 10.1. The van der Waals surface area contributed by atoms with Gasteiger partial charge in [-0.25, -0.2) is 0 Å². The number of hydrogen-bond donors (Lipinski definition) is 0. The largest absolute Gasteiger partial charge is 0.573 e. The predicted octanol–water partition coefficient (Wildman–Crippen LogP) is 4.55. The summed E-state index contributed by atoms with van der Waals surface area (Å²) in [6, 6.07) is 18.3. The molecule has 9 heteroatoms. The van der Waals surface area contributed by atoms with Crippen molar-refractivity contribution in [2.75, 3.05) is 11.4 Å². The fraction of sp³-hybridized carbons (Fsp3) is 0.280. The van der Waals surface area contributed by atoms with Crippen molar-refractivity contribution in [2.24, 2.45) is 0 Å². The molecule has 5 rings (SSSR count). The van der Waals surface area contributed by atoms with Gasteiger partial charge in [0.05, 0.1) is 24.0 Å². The van der Waals surface area contributed by atoms with Crippen molar-refractivity contribution in [3.05, 3.63) is 84.2 Å². The smallest absolute Gasteiger partial charge is 0.487 e. The van der Waals surface area contributed by atoms with Crippen LogP contribution in [0, 0.1) is 0 Å². The van der Waals surface area contributed by atoms with Crippen LogP contribution >= 0.6 is 0 Å². The molecular weight excluding hydrogens is 447 g/mol. The molecule has 34 heavy (non-hydrogen) atoms. The van der Waals surface area contributed by atoms with E-state index in [1.807, 2.05) is 47.4 Å². The second-order valence-corrected chi connectivity index (χ2v) is 8.33. The first-order valence-corrected chi connectivity index (χ1v) is 10.9. The number of benzene rings is 2. The number of hydrogen-bond acceptors (Lipinski definition) is 5. The van der Waals surface area contributed by atoms with Crippen LogP contribution in [0.2, 0.25) is 0 Å². The zero-order valence-electron chi connectivity index (χ0n) is 18.1. The molecule has 2 bridgehead atoms. The van der Waals surface area contributed by atoms with Crippen molar-refractivity contribution in [3.8, 4) is 11.5 Å². The molecule has 1 amide bonds. The number of halogens is 3. The maximum atomic E-state index is 13.8.